The molecule has 0 radical (unpaired) electrons. The number of hydrogen-bond acceptors (Lipinski definition) is 12. The smallest absolute Gasteiger partial charge is 0.280 e. The predicted molar refractivity (Wildman–Crippen MR) is 228 cm³/mol. The molecule has 2 aromatic heterocycles. The number of amides is 1. The van der Waals surface area contributed by atoms with E-state index in [1.54, 1.807) is 32.6 Å². The van der Waals surface area contributed by atoms with E-state index >= 15 is 0 Å². The first kappa shape index (κ1) is 44.5. The van der Waals surface area contributed by atoms with Gasteiger partial charge in [0.05, 0.1) is 39.1 Å². The van der Waals surface area contributed by atoms with Crippen molar-refractivity contribution in [3.05, 3.63) is 118 Å². The summed E-state index contributed by atoms with van der Waals surface area (Å²) in [6.07, 6.45) is -1.75. The van der Waals surface area contributed by atoms with Crippen LogP contribution in [0, 0.1) is 17.2 Å². The van der Waals surface area contributed by atoms with Crippen molar-refractivity contribution in [1.82, 2.24) is 24.2 Å². The second-order valence-electron chi connectivity index (χ2n) is 15.2. The zero-order valence-electron chi connectivity index (χ0n) is 35.3. The number of aromatic nitrogens is 4. The summed E-state index contributed by atoms with van der Waals surface area (Å²) in [5, 5.41) is 12.1. The largest absolute Gasteiger partial charge is 0.497 e. The maximum absolute atomic E-state index is 13.3. The number of methoxy groups -OCH3 is 2. The number of fused-ring (bicyclic) bond motifs is 1. The maximum Gasteiger partial charge on any atom is 0.280 e. The molecule has 0 aliphatic carbocycles. The van der Waals surface area contributed by atoms with Gasteiger partial charge in [-0.1, -0.05) is 86.6 Å². The molecule has 2 unspecified atom stereocenters. The van der Waals surface area contributed by atoms with Crippen LogP contribution in [-0.2, 0) is 33.7 Å². The van der Waals surface area contributed by atoms with E-state index in [2.05, 4.69) is 58.7 Å². The number of nitrogens with zero attached hydrogens (tertiary/aromatic N) is 5. The van der Waals surface area contributed by atoms with Crippen LogP contribution in [0.15, 0.2) is 96.1 Å². The van der Waals surface area contributed by atoms with E-state index in [0.717, 1.165) is 16.7 Å². The summed E-state index contributed by atoms with van der Waals surface area (Å²) in [5.41, 5.74) is 1.15. The van der Waals surface area contributed by atoms with Gasteiger partial charge in [-0.05, 0) is 56.5 Å². The Morgan fingerprint density at radius 2 is 1.57 bits per heavy atom. The van der Waals surface area contributed by atoms with Crippen molar-refractivity contribution in [2.24, 2.45) is 5.92 Å². The van der Waals surface area contributed by atoms with Crippen LogP contribution in [0.1, 0.15) is 70.9 Å². The first-order valence-electron chi connectivity index (χ1n) is 20.0. The van der Waals surface area contributed by atoms with E-state index in [-0.39, 0.29) is 60.7 Å². The highest BCUT2D eigenvalue weighted by Crippen LogP contribution is 2.51. The number of ether oxygens (including phenoxy) is 4. The van der Waals surface area contributed by atoms with Crippen LogP contribution in [0.4, 0.5) is 5.95 Å². The molecule has 0 bridgehead atoms. The minimum Gasteiger partial charge on any atom is -0.497 e. The standard InChI is InChI=1S/C44H54N7O8P/c1-28(2)40(52)48-43-47-39-36(41(53)49-43)46-27-50(39)42-38(55-8)37(59-60(57-25-15-24-45)51(29(3)4)30(5)6)35(58-42)26-56-44(31-16-11-9-12-17-31,32-18-13-10-14-19-32)33-20-22-34(54-7)23-21-33/h9-14,16-23,27-30,35,37-38,42H,15,25-26H2,1-8H3,(H2,47,48,49,52,53)/t35-,37+,38?,42-,60?/m1/s1. The van der Waals surface area contributed by atoms with Gasteiger partial charge in [0.15, 0.2) is 17.4 Å². The Labute approximate surface area is 351 Å². The fourth-order valence-corrected chi connectivity index (χ4v) is 9.17. The molecule has 0 saturated carbocycles. The second kappa shape index (κ2) is 20.0. The van der Waals surface area contributed by atoms with Crippen molar-refractivity contribution in [1.29, 1.82) is 5.26 Å². The molecular formula is C44H54N7O8P. The fraction of sp³-hybridized carbons (Fsp3) is 0.432. The fourth-order valence-electron chi connectivity index (χ4n) is 7.40. The third-order valence-corrected chi connectivity index (χ3v) is 12.4. The SMILES string of the molecule is COc1ccc(C(OC[C@H]2O[C@@H](n3cnc4c(=O)[nH]c(NC(=O)C(C)C)nc43)C(OC)[C@H]2OP(OCCC#N)N(C(C)C)C(C)C)(c2ccccc2)c2ccccc2)cc1. The highest BCUT2D eigenvalue weighted by atomic mass is 31.2. The number of imidazole rings is 1. The molecule has 5 atom stereocenters. The van der Waals surface area contributed by atoms with Gasteiger partial charge in [0, 0.05) is 25.1 Å². The monoisotopic (exact) mass is 839 g/mol. The highest BCUT2D eigenvalue weighted by molar-refractivity contribution is 7.44. The number of carbonyl (C=O) groups is 1. The molecule has 3 heterocycles. The Kier molecular flexibility index (Phi) is 14.8. The molecular weight excluding hydrogens is 785 g/mol. The number of anilines is 1. The third kappa shape index (κ3) is 9.46. The number of H-pyrrole nitrogens is 1. The predicted octanol–water partition coefficient (Wildman–Crippen LogP) is 7.30. The molecule has 6 rings (SSSR count). The van der Waals surface area contributed by atoms with Gasteiger partial charge >= 0.3 is 0 Å². The van der Waals surface area contributed by atoms with Crippen molar-refractivity contribution in [3.63, 3.8) is 0 Å². The van der Waals surface area contributed by atoms with Gasteiger partial charge in [0.2, 0.25) is 11.9 Å². The van der Waals surface area contributed by atoms with Gasteiger partial charge in [0.25, 0.3) is 14.1 Å². The van der Waals surface area contributed by atoms with E-state index in [1.165, 1.54) is 6.33 Å². The molecule has 5 aromatic rings. The van der Waals surface area contributed by atoms with Crippen LogP contribution in [0.3, 0.4) is 0 Å². The first-order chi connectivity index (χ1) is 28.9. The van der Waals surface area contributed by atoms with Gasteiger partial charge in [-0.3, -0.25) is 24.5 Å². The number of aromatic amines is 1. The van der Waals surface area contributed by atoms with Crippen LogP contribution in [0.25, 0.3) is 11.2 Å². The van der Waals surface area contributed by atoms with Crippen LogP contribution >= 0.6 is 8.53 Å². The number of hydrogen-bond donors (Lipinski definition) is 2. The van der Waals surface area contributed by atoms with Crippen molar-refractivity contribution in [2.75, 3.05) is 32.8 Å². The highest BCUT2D eigenvalue weighted by Gasteiger charge is 2.51. The Balaban J connectivity index is 1.48. The van der Waals surface area contributed by atoms with Crippen LogP contribution in [-0.4, -0.2) is 87.9 Å². The Bertz CT molecular complexity index is 2220. The molecule has 16 heteroatoms. The number of rotatable bonds is 19. The van der Waals surface area contributed by atoms with E-state index in [9.17, 15) is 14.9 Å². The Hall–Kier alpha value is -5.04. The van der Waals surface area contributed by atoms with Crippen molar-refractivity contribution >= 4 is 31.5 Å². The summed E-state index contributed by atoms with van der Waals surface area (Å²) in [6.45, 7) is 11.9. The zero-order chi connectivity index (χ0) is 43.0. The number of carbonyl (C=O) groups excluding carboxylic acids is 1. The lowest BCUT2D eigenvalue weighted by atomic mass is 9.80. The Morgan fingerprint density at radius 3 is 2.12 bits per heavy atom. The molecule has 60 heavy (non-hydrogen) atoms. The minimum atomic E-state index is -1.79. The molecule has 1 aliphatic rings. The molecule has 3 aromatic carbocycles. The lowest BCUT2D eigenvalue weighted by Gasteiger charge is -2.39. The molecule has 15 nitrogen and oxygen atoms in total. The number of nitriles is 1. The molecule has 0 spiro atoms. The Morgan fingerprint density at radius 1 is 0.950 bits per heavy atom. The molecule has 2 N–H and O–H groups in total. The summed E-state index contributed by atoms with van der Waals surface area (Å²) < 4.78 is 43.3. The quantitative estimate of drug-likeness (QED) is 0.0483. The molecule has 1 amide bonds. The van der Waals surface area contributed by atoms with Crippen LogP contribution < -0.4 is 15.6 Å². The normalized spacial score (nSPS) is 18.7. The summed E-state index contributed by atoms with van der Waals surface area (Å²) in [5.74, 6) is -0.00273. The topological polar surface area (TPSA) is 175 Å². The van der Waals surface area contributed by atoms with Gasteiger partial charge in [-0.25, -0.2) is 9.65 Å². The zero-order valence-corrected chi connectivity index (χ0v) is 36.2. The van der Waals surface area contributed by atoms with Crippen molar-refractivity contribution in [2.45, 2.75) is 90.2 Å². The average molecular weight is 840 g/mol. The maximum atomic E-state index is 13.3. The number of nitrogens with one attached hydrogen (secondary N) is 2. The van der Waals surface area contributed by atoms with Crippen LogP contribution in [0.5, 0.6) is 5.75 Å². The lowest BCUT2D eigenvalue weighted by molar-refractivity contribution is -0.118. The first-order valence-corrected chi connectivity index (χ1v) is 21.2. The van der Waals surface area contributed by atoms with Crippen molar-refractivity contribution < 1.29 is 32.8 Å². The van der Waals surface area contributed by atoms with Crippen molar-refractivity contribution in [3.8, 4) is 11.8 Å². The molecule has 1 fully saturated rings. The van der Waals surface area contributed by atoms with E-state index < -0.39 is 44.2 Å². The summed E-state index contributed by atoms with van der Waals surface area (Å²) >= 11 is 0. The summed E-state index contributed by atoms with van der Waals surface area (Å²) in [4.78, 5) is 37.6. The second-order valence-corrected chi connectivity index (χ2v) is 16.6. The van der Waals surface area contributed by atoms with Gasteiger partial charge < -0.3 is 28.0 Å². The van der Waals surface area contributed by atoms with E-state index in [4.69, 9.17) is 28.0 Å². The van der Waals surface area contributed by atoms with Gasteiger partial charge in [0.1, 0.15) is 29.7 Å². The number of benzene rings is 3. The molecule has 1 saturated heterocycles. The minimum absolute atomic E-state index is 0.0129. The summed E-state index contributed by atoms with van der Waals surface area (Å²) in [6, 6.07) is 29.9. The van der Waals surface area contributed by atoms with E-state index in [0.29, 0.717) is 5.75 Å². The third-order valence-electron chi connectivity index (χ3n) is 10.2. The van der Waals surface area contributed by atoms with Crippen LogP contribution in [0.2, 0.25) is 0 Å². The van der Waals surface area contributed by atoms with Gasteiger partial charge in [-0.15, -0.1) is 0 Å². The molecule has 318 valence electrons. The van der Waals surface area contributed by atoms with Gasteiger partial charge in [-0.2, -0.15) is 10.2 Å². The van der Waals surface area contributed by atoms with E-state index in [1.807, 2.05) is 84.9 Å². The average Bonchev–Trinajstić information content (AvgIpc) is 3.82. The lowest BCUT2D eigenvalue weighted by Crippen LogP contribution is -2.42. The molecule has 1 aliphatic heterocycles. The summed E-state index contributed by atoms with van der Waals surface area (Å²) in [7, 11) is 1.40.